The summed E-state index contributed by atoms with van der Waals surface area (Å²) >= 11 is 0. The maximum absolute atomic E-state index is 4.35. The third-order valence-corrected chi connectivity index (χ3v) is 3.30. The van der Waals surface area contributed by atoms with Crippen LogP contribution in [0.4, 0.5) is 0 Å². The number of hydrogen-bond acceptors (Lipinski definition) is 2. The highest BCUT2D eigenvalue weighted by molar-refractivity contribution is 4.90. The summed E-state index contributed by atoms with van der Waals surface area (Å²) in [5.41, 5.74) is 0. The van der Waals surface area contributed by atoms with Gasteiger partial charge in [-0.3, -0.25) is 0 Å². The Kier molecular flexibility index (Phi) is 6.94. The molecule has 1 N–H and O–H groups in total. The second-order valence-electron chi connectivity index (χ2n) is 4.76. The lowest BCUT2D eigenvalue weighted by atomic mass is 10.1. The fraction of sp³-hybridized carbons (Fsp3) is 0.786. The van der Waals surface area contributed by atoms with E-state index >= 15 is 0 Å². The fourth-order valence-corrected chi connectivity index (χ4v) is 2.11. The van der Waals surface area contributed by atoms with E-state index in [4.69, 9.17) is 0 Å². The normalized spacial score (nSPS) is 12.9. The Labute approximate surface area is 106 Å². The lowest BCUT2D eigenvalue weighted by molar-refractivity contribution is 0.448. The zero-order valence-electron chi connectivity index (χ0n) is 11.6. The van der Waals surface area contributed by atoms with E-state index in [1.54, 1.807) is 0 Å². The van der Waals surface area contributed by atoms with E-state index in [1.807, 2.05) is 12.4 Å². The van der Waals surface area contributed by atoms with Crippen molar-refractivity contribution in [3.63, 3.8) is 0 Å². The summed E-state index contributed by atoms with van der Waals surface area (Å²) < 4.78 is 2.12. The minimum absolute atomic E-state index is 0.705. The molecule has 0 fully saturated rings. The van der Waals surface area contributed by atoms with Crippen LogP contribution >= 0.6 is 0 Å². The summed E-state index contributed by atoms with van der Waals surface area (Å²) in [6, 6.07) is 0.705. The average Bonchev–Trinajstić information content (AvgIpc) is 2.74. The van der Waals surface area contributed by atoms with Gasteiger partial charge in [-0.25, -0.2) is 4.98 Å². The predicted molar refractivity (Wildman–Crippen MR) is 73.1 cm³/mol. The van der Waals surface area contributed by atoms with Gasteiger partial charge >= 0.3 is 0 Å². The van der Waals surface area contributed by atoms with Crippen molar-refractivity contribution in [3.8, 4) is 0 Å². The molecule has 0 saturated heterocycles. The van der Waals surface area contributed by atoms with Crippen LogP contribution in [0.25, 0.3) is 0 Å². The molecular weight excluding hydrogens is 210 g/mol. The monoisotopic (exact) mass is 237 g/mol. The highest BCUT2D eigenvalue weighted by Crippen LogP contribution is 2.08. The second kappa shape index (κ2) is 8.29. The van der Waals surface area contributed by atoms with Crippen molar-refractivity contribution in [3.05, 3.63) is 18.2 Å². The molecule has 1 unspecified atom stereocenters. The molecule has 1 atom stereocenters. The predicted octanol–water partition coefficient (Wildman–Crippen LogP) is 2.91. The van der Waals surface area contributed by atoms with Gasteiger partial charge < -0.3 is 9.88 Å². The Morgan fingerprint density at radius 1 is 1.35 bits per heavy atom. The van der Waals surface area contributed by atoms with Gasteiger partial charge in [-0.05, 0) is 32.2 Å². The maximum atomic E-state index is 4.35. The molecule has 0 saturated carbocycles. The molecule has 0 aliphatic heterocycles. The highest BCUT2D eigenvalue weighted by Gasteiger charge is 2.05. The largest absolute Gasteiger partial charge is 0.338 e. The van der Waals surface area contributed by atoms with Crippen molar-refractivity contribution in [1.29, 1.82) is 0 Å². The van der Waals surface area contributed by atoms with Crippen molar-refractivity contribution in [2.24, 2.45) is 7.05 Å². The zero-order chi connectivity index (χ0) is 12.5. The summed E-state index contributed by atoms with van der Waals surface area (Å²) in [6.07, 6.45) is 11.3. The fourth-order valence-electron chi connectivity index (χ4n) is 2.11. The molecule has 1 rings (SSSR count). The Morgan fingerprint density at radius 3 is 2.76 bits per heavy atom. The Balaban J connectivity index is 2.12. The van der Waals surface area contributed by atoms with Gasteiger partial charge in [0, 0.05) is 31.9 Å². The van der Waals surface area contributed by atoms with Crippen LogP contribution in [0.5, 0.6) is 0 Å². The molecule has 17 heavy (non-hydrogen) atoms. The lowest BCUT2D eigenvalue weighted by Gasteiger charge is -2.16. The number of unbranched alkanes of at least 4 members (excludes halogenated alkanes) is 1. The van der Waals surface area contributed by atoms with Crippen LogP contribution in [0.2, 0.25) is 0 Å². The Morgan fingerprint density at radius 2 is 2.18 bits per heavy atom. The Hall–Kier alpha value is -0.830. The Bertz CT molecular complexity index is 293. The molecule has 1 aromatic rings. The molecule has 1 heterocycles. The van der Waals surface area contributed by atoms with E-state index in [-0.39, 0.29) is 0 Å². The molecule has 3 heteroatoms. The lowest BCUT2D eigenvalue weighted by Crippen LogP contribution is -2.28. The summed E-state index contributed by atoms with van der Waals surface area (Å²) in [7, 11) is 2.07. The summed E-state index contributed by atoms with van der Waals surface area (Å²) in [4.78, 5) is 4.35. The molecule has 0 aliphatic rings. The van der Waals surface area contributed by atoms with Gasteiger partial charge in [0.25, 0.3) is 0 Å². The topological polar surface area (TPSA) is 29.9 Å². The summed E-state index contributed by atoms with van der Waals surface area (Å²) in [5.74, 6) is 1.21. The number of aryl methyl sites for hydroxylation is 2. The van der Waals surface area contributed by atoms with Crippen LogP contribution in [0.3, 0.4) is 0 Å². The van der Waals surface area contributed by atoms with Crippen molar-refractivity contribution in [2.75, 3.05) is 6.54 Å². The van der Waals surface area contributed by atoms with Gasteiger partial charge in [0.2, 0.25) is 0 Å². The van der Waals surface area contributed by atoms with Crippen LogP contribution in [0, 0.1) is 0 Å². The average molecular weight is 237 g/mol. The van der Waals surface area contributed by atoms with Crippen LogP contribution in [0.1, 0.15) is 51.8 Å². The first-order valence-electron chi connectivity index (χ1n) is 6.97. The highest BCUT2D eigenvalue weighted by atomic mass is 15.0. The third kappa shape index (κ3) is 5.35. The van der Waals surface area contributed by atoms with Crippen molar-refractivity contribution in [1.82, 2.24) is 14.9 Å². The van der Waals surface area contributed by atoms with Gasteiger partial charge in [0.05, 0.1) is 0 Å². The van der Waals surface area contributed by atoms with E-state index in [9.17, 15) is 0 Å². The number of hydrogen-bond donors (Lipinski definition) is 1. The van der Waals surface area contributed by atoms with Crippen LogP contribution in [0.15, 0.2) is 12.4 Å². The van der Waals surface area contributed by atoms with E-state index in [1.165, 1.54) is 37.9 Å². The van der Waals surface area contributed by atoms with Gasteiger partial charge in [0.15, 0.2) is 0 Å². The zero-order valence-corrected chi connectivity index (χ0v) is 11.6. The molecule has 3 nitrogen and oxygen atoms in total. The third-order valence-electron chi connectivity index (χ3n) is 3.30. The molecule has 0 spiro atoms. The van der Waals surface area contributed by atoms with Gasteiger partial charge in [-0.2, -0.15) is 0 Å². The summed E-state index contributed by atoms with van der Waals surface area (Å²) in [5, 5.41) is 3.60. The van der Waals surface area contributed by atoms with Crippen molar-refractivity contribution < 1.29 is 0 Å². The number of nitrogens with zero attached hydrogens (tertiary/aromatic N) is 2. The first kappa shape index (κ1) is 14.2. The molecular formula is C14H27N3. The molecule has 98 valence electrons. The van der Waals surface area contributed by atoms with Gasteiger partial charge in [-0.1, -0.05) is 20.3 Å². The molecule has 0 radical (unpaired) electrons. The maximum Gasteiger partial charge on any atom is 0.108 e. The molecule has 0 amide bonds. The standard InChI is InChI=1S/C14H27N3/c1-4-10-15-13(5-2)8-6-7-9-14-16-11-12-17(14)3/h11-13,15H,4-10H2,1-3H3. The molecule has 0 bridgehead atoms. The number of rotatable bonds is 9. The number of imidazole rings is 1. The van der Waals surface area contributed by atoms with Crippen LogP contribution in [-0.4, -0.2) is 22.1 Å². The molecule has 0 aliphatic carbocycles. The van der Waals surface area contributed by atoms with Gasteiger partial charge in [0.1, 0.15) is 5.82 Å². The van der Waals surface area contributed by atoms with Gasteiger partial charge in [-0.15, -0.1) is 0 Å². The SMILES string of the molecule is CCCNC(CC)CCCCc1nccn1C. The minimum Gasteiger partial charge on any atom is -0.338 e. The van der Waals surface area contributed by atoms with Crippen LogP contribution in [-0.2, 0) is 13.5 Å². The summed E-state index contributed by atoms with van der Waals surface area (Å²) in [6.45, 7) is 5.64. The quantitative estimate of drug-likeness (QED) is 0.669. The first-order valence-corrected chi connectivity index (χ1v) is 6.97. The number of aromatic nitrogens is 2. The minimum atomic E-state index is 0.705. The van der Waals surface area contributed by atoms with Crippen molar-refractivity contribution in [2.45, 2.75) is 58.4 Å². The van der Waals surface area contributed by atoms with Crippen LogP contribution < -0.4 is 5.32 Å². The first-order chi connectivity index (χ1) is 8.27. The smallest absolute Gasteiger partial charge is 0.108 e. The van der Waals surface area contributed by atoms with Crippen molar-refractivity contribution >= 4 is 0 Å². The molecule has 1 aromatic heterocycles. The second-order valence-corrected chi connectivity index (χ2v) is 4.76. The van der Waals surface area contributed by atoms with E-state index in [2.05, 4.69) is 35.8 Å². The molecule has 0 aromatic carbocycles. The number of nitrogens with one attached hydrogen (secondary N) is 1. The van der Waals surface area contributed by atoms with E-state index in [0.717, 1.165) is 13.0 Å². The van der Waals surface area contributed by atoms with E-state index in [0.29, 0.717) is 6.04 Å². The van der Waals surface area contributed by atoms with E-state index < -0.39 is 0 Å².